The van der Waals surface area contributed by atoms with Crippen molar-refractivity contribution in [1.82, 2.24) is 19.7 Å². The zero-order valence-electron chi connectivity index (χ0n) is 14.6. The van der Waals surface area contributed by atoms with Gasteiger partial charge in [0.15, 0.2) is 5.82 Å². The summed E-state index contributed by atoms with van der Waals surface area (Å²) in [6.45, 7) is 2.56. The first-order valence-corrected chi connectivity index (χ1v) is 8.40. The van der Waals surface area contributed by atoms with Gasteiger partial charge in [0.1, 0.15) is 5.82 Å². The van der Waals surface area contributed by atoms with Gasteiger partial charge in [-0.15, -0.1) is 10.2 Å². The lowest BCUT2D eigenvalue weighted by molar-refractivity contribution is -0.129. The number of aromatic nitrogens is 3. The highest BCUT2D eigenvalue weighted by molar-refractivity contribution is 5.78. The number of carbonyl (C=O) groups is 1. The summed E-state index contributed by atoms with van der Waals surface area (Å²) in [5.41, 5.74) is 2.34. The van der Waals surface area contributed by atoms with E-state index in [1.165, 1.54) is 18.4 Å². The van der Waals surface area contributed by atoms with Crippen LogP contribution in [0.15, 0.2) is 30.3 Å². The van der Waals surface area contributed by atoms with Crippen LogP contribution >= 0.6 is 0 Å². The lowest BCUT2D eigenvalue weighted by Gasteiger charge is -2.15. The Kier molecular flexibility index (Phi) is 4.79. The van der Waals surface area contributed by atoms with E-state index in [1.54, 1.807) is 4.90 Å². The minimum atomic E-state index is 0.0781. The Morgan fingerprint density at radius 2 is 2.00 bits per heavy atom. The highest BCUT2D eigenvalue weighted by atomic mass is 16.2. The molecule has 1 aromatic carbocycles. The van der Waals surface area contributed by atoms with Crippen molar-refractivity contribution in [1.29, 1.82) is 0 Å². The topological polar surface area (TPSA) is 51.0 Å². The molecule has 0 saturated heterocycles. The molecule has 5 nitrogen and oxygen atoms in total. The molecule has 1 fully saturated rings. The van der Waals surface area contributed by atoms with E-state index in [0.717, 1.165) is 17.2 Å². The van der Waals surface area contributed by atoms with Crippen LogP contribution in [-0.4, -0.2) is 32.6 Å². The van der Waals surface area contributed by atoms with Gasteiger partial charge in [-0.1, -0.05) is 42.0 Å². The average molecular weight is 324 g/mol. The molecule has 24 heavy (non-hydrogen) atoms. The first-order chi connectivity index (χ1) is 11.5. The van der Waals surface area contributed by atoms with Crippen LogP contribution in [0, 0.1) is 6.92 Å². The maximum Gasteiger partial charge on any atom is 0.226 e. The van der Waals surface area contributed by atoms with Crippen molar-refractivity contribution < 1.29 is 4.79 Å². The lowest BCUT2D eigenvalue weighted by atomic mass is 10.1. The van der Waals surface area contributed by atoms with Crippen LogP contribution in [0.25, 0.3) is 6.08 Å². The molecular weight excluding hydrogens is 300 g/mol. The first kappa shape index (κ1) is 16.4. The maximum absolute atomic E-state index is 12.3. The fraction of sp³-hybridized carbons (Fsp3) is 0.421. The summed E-state index contributed by atoms with van der Waals surface area (Å²) in [7, 11) is 3.80. The number of benzene rings is 1. The molecule has 2 aromatic rings. The quantitative estimate of drug-likeness (QED) is 0.820. The van der Waals surface area contributed by atoms with Crippen LogP contribution < -0.4 is 0 Å². The van der Waals surface area contributed by atoms with Gasteiger partial charge in [0.2, 0.25) is 5.91 Å². The summed E-state index contributed by atoms with van der Waals surface area (Å²) >= 11 is 0. The normalized spacial score (nSPS) is 14.3. The van der Waals surface area contributed by atoms with Crippen molar-refractivity contribution in [3.63, 3.8) is 0 Å². The third kappa shape index (κ3) is 3.91. The van der Waals surface area contributed by atoms with Gasteiger partial charge in [-0.3, -0.25) is 4.79 Å². The molecule has 0 spiro atoms. The van der Waals surface area contributed by atoms with Crippen LogP contribution in [0.3, 0.4) is 0 Å². The summed E-state index contributed by atoms with van der Waals surface area (Å²) in [4.78, 5) is 14.0. The largest absolute Gasteiger partial charge is 0.338 e. The number of hydrogen-bond donors (Lipinski definition) is 0. The van der Waals surface area contributed by atoms with Gasteiger partial charge in [-0.2, -0.15) is 0 Å². The summed E-state index contributed by atoms with van der Waals surface area (Å²) < 4.78 is 2.03. The third-order valence-corrected chi connectivity index (χ3v) is 4.43. The lowest BCUT2D eigenvalue weighted by Crippen LogP contribution is -2.27. The Bertz CT molecular complexity index is 741. The van der Waals surface area contributed by atoms with E-state index >= 15 is 0 Å². The molecule has 3 rings (SSSR count). The maximum atomic E-state index is 12.3. The van der Waals surface area contributed by atoms with E-state index in [2.05, 4.69) is 41.4 Å². The van der Waals surface area contributed by atoms with Gasteiger partial charge >= 0.3 is 0 Å². The molecule has 1 amide bonds. The van der Waals surface area contributed by atoms with Gasteiger partial charge in [0.25, 0.3) is 0 Å². The Hall–Kier alpha value is -2.43. The molecule has 5 heteroatoms. The van der Waals surface area contributed by atoms with Crippen LogP contribution in [0.2, 0.25) is 0 Å². The van der Waals surface area contributed by atoms with Crippen LogP contribution in [0.5, 0.6) is 0 Å². The molecule has 1 saturated carbocycles. The average Bonchev–Trinajstić information content (AvgIpc) is 3.34. The Morgan fingerprint density at radius 1 is 1.29 bits per heavy atom. The van der Waals surface area contributed by atoms with Crippen LogP contribution in [-0.2, 0) is 18.4 Å². The third-order valence-electron chi connectivity index (χ3n) is 4.43. The second kappa shape index (κ2) is 6.99. The Morgan fingerprint density at radius 3 is 2.67 bits per heavy atom. The highest BCUT2D eigenvalue weighted by Gasteiger charge is 2.29. The van der Waals surface area contributed by atoms with Crippen LogP contribution in [0.1, 0.15) is 48.0 Å². The van der Waals surface area contributed by atoms with Crippen LogP contribution in [0.4, 0.5) is 0 Å². The van der Waals surface area contributed by atoms with Crippen molar-refractivity contribution in [2.75, 3.05) is 7.05 Å². The van der Waals surface area contributed by atoms with E-state index in [9.17, 15) is 4.79 Å². The zero-order valence-corrected chi connectivity index (χ0v) is 14.6. The molecule has 0 aliphatic heterocycles. The Labute approximate surface area is 143 Å². The van der Waals surface area contributed by atoms with Gasteiger partial charge in [0.05, 0.1) is 6.54 Å². The van der Waals surface area contributed by atoms with E-state index < -0.39 is 0 Å². The molecule has 0 bridgehead atoms. The molecule has 0 atom stereocenters. The molecule has 0 radical (unpaired) electrons. The molecule has 1 heterocycles. The number of nitrogens with zero attached hydrogens (tertiary/aromatic N) is 4. The van der Waals surface area contributed by atoms with E-state index in [4.69, 9.17) is 0 Å². The SMILES string of the molecule is Cc1ccc(C=CCC(=O)N(C)Cc2nnc(C3CC3)n2C)cc1. The van der Waals surface area contributed by atoms with Gasteiger partial charge in [-0.05, 0) is 25.3 Å². The van der Waals surface area contributed by atoms with E-state index in [0.29, 0.717) is 18.9 Å². The minimum Gasteiger partial charge on any atom is -0.338 e. The summed E-state index contributed by atoms with van der Waals surface area (Å²) in [5.74, 6) is 2.53. The van der Waals surface area contributed by atoms with Crippen molar-refractivity contribution in [3.05, 3.63) is 53.1 Å². The van der Waals surface area contributed by atoms with Crippen molar-refractivity contribution >= 4 is 12.0 Å². The van der Waals surface area contributed by atoms with Gasteiger partial charge in [-0.25, -0.2) is 0 Å². The molecule has 1 aliphatic rings. The molecule has 126 valence electrons. The summed E-state index contributed by atoms with van der Waals surface area (Å²) in [6, 6.07) is 8.25. The van der Waals surface area contributed by atoms with Crippen molar-refractivity contribution in [2.24, 2.45) is 7.05 Å². The monoisotopic (exact) mass is 324 g/mol. The van der Waals surface area contributed by atoms with E-state index in [1.807, 2.05) is 30.8 Å². The Balaban J connectivity index is 1.53. The highest BCUT2D eigenvalue weighted by Crippen LogP contribution is 2.38. The zero-order chi connectivity index (χ0) is 17.1. The molecule has 0 N–H and O–H groups in total. The number of amides is 1. The molecular formula is C19H24N4O. The van der Waals surface area contributed by atoms with Gasteiger partial charge in [0, 0.05) is 26.4 Å². The predicted molar refractivity (Wildman–Crippen MR) is 94.3 cm³/mol. The van der Waals surface area contributed by atoms with Crippen molar-refractivity contribution in [3.8, 4) is 0 Å². The fourth-order valence-corrected chi connectivity index (χ4v) is 2.64. The number of aryl methyl sites for hydroxylation is 1. The fourth-order valence-electron chi connectivity index (χ4n) is 2.64. The van der Waals surface area contributed by atoms with Crippen molar-refractivity contribution in [2.45, 2.75) is 38.6 Å². The molecule has 1 aliphatic carbocycles. The molecule has 0 unspecified atom stereocenters. The summed E-state index contributed by atoms with van der Waals surface area (Å²) in [6.07, 6.45) is 6.68. The van der Waals surface area contributed by atoms with E-state index in [-0.39, 0.29) is 5.91 Å². The minimum absolute atomic E-state index is 0.0781. The molecule has 1 aromatic heterocycles. The summed E-state index contributed by atoms with van der Waals surface area (Å²) in [5, 5.41) is 8.50. The smallest absolute Gasteiger partial charge is 0.226 e. The second-order valence-corrected chi connectivity index (χ2v) is 6.57. The van der Waals surface area contributed by atoms with Gasteiger partial charge < -0.3 is 9.47 Å². The second-order valence-electron chi connectivity index (χ2n) is 6.57. The first-order valence-electron chi connectivity index (χ1n) is 8.40. The number of carbonyl (C=O) groups excluding carboxylic acids is 1. The standard InChI is InChI=1S/C19H24N4O/c1-14-7-9-15(10-8-14)5-4-6-18(24)22(2)13-17-20-21-19(23(17)3)16-11-12-16/h4-5,7-10,16H,6,11-13H2,1-3H3. The predicted octanol–water partition coefficient (Wildman–Crippen LogP) is 3.06. The number of hydrogen-bond acceptors (Lipinski definition) is 3. The number of rotatable bonds is 6.